The Labute approximate surface area is 157 Å². The van der Waals surface area contributed by atoms with Gasteiger partial charge in [-0.3, -0.25) is 4.79 Å². The summed E-state index contributed by atoms with van der Waals surface area (Å²) in [6.07, 6.45) is 3.44. The van der Waals surface area contributed by atoms with Gasteiger partial charge in [-0.05, 0) is 57.9 Å². The van der Waals surface area contributed by atoms with Crippen LogP contribution in [0.15, 0.2) is 61.2 Å². The van der Waals surface area contributed by atoms with Crippen molar-refractivity contribution in [3.8, 4) is 5.75 Å². The lowest BCUT2D eigenvalue weighted by Crippen LogP contribution is -2.37. The van der Waals surface area contributed by atoms with Gasteiger partial charge in [-0.2, -0.15) is 0 Å². The zero-order chi connectivity index (χ0) is 18.9. The van der Waals surface area contributed by atoms with Crippen LogP contribution >= 0.6 is 0 Å². The van der Waals surface area contributed by atoms with E-state index >= 15 is 0 Å². The molecule has 0 aromatic heterocycles. The Kier molecular flexibility index (Phi) is 7.46. The number of hydrogen-bond donors (Lipinski definition) is 0. The number of rotatable bonds is 3. The first kappa shape index (κ1) is 19.8. The molecule has 0 unspecified atom stereocenters. The van der Waals surface area contributed by atoms with Crippen LogP contribution in [-0.4, -0.2) is 19.1 Å². The summed E-state index contributed by atoms with van der Waals surface area (Å²) in [6.45, 7) is 11.2. The molecule has 1 aliphatic heterocycles. The third kappa shape index (κ3) is 5.76. The lowest BCUT2D eigenvalue weighted by atomic mass is 9.96. The lowest BCUT2D eigenvalue weighted by molar-refractivity contribution is -0.139. The van der Waals surface area contributed by atoms with E-state index in [9.17, 15) is 4.79 Å². The van der Waals surface area contributed by atoms with Crippen LogP contribution in [0.3, 0.4) is 0 Å². The molecule has 26 heavy (non-hydrogen) atoms. The van der Waals surface area contributed by atoms with E-state index in [4.69, 9.17) is 4.74 Å². The highest BCUT2D eigenvalue weighted by atomic mass is 16.5. The predicted octanol–water partition coefficient (Wildman–Crippen LogP) is 5.32. The highest BCUT2D eigenvalue weighted by molar-refractivity contribution is 5.75. The molecule has 1 saturated heterocycles. The van der Waals surface area contributed by atoms with Gasteiger partial charge in [-0.1, -0.05) is 41.5 Å². The summed E-state index contributed by atoms with van der Waals surface area (Å²) in [5, 5.41) is 0. The molecule has 0 bridgehead atoms. The number of hydrogen-bond acceptors (Lipinski definition) is 3. The second-order valence-corrected chi connectivity index (χ2v) is 6.74. The molecule has 1 heterocycles. The second-order valence-electron chi connectivity index (χ2n) is 6.74. The van der Waals surface area contributed by atoms with Crippen LogP contribution in [-0.2, 0) is 4.79 Å². The molecule has 1 fully saturated rings. The Morgan fingerprint density at radius 1 is 1.00 bits per heavy atom. The van der Waals surface area contributed by atoms with Crippen molar-refractivity contribution in [2.24, 2.45) is 5.92 Å². The third-order valence-electron chi connectivity index (χ3n) is 4.47. The maximum Gasteiger partial charge on any atom is 0.314 e. The van der Waals surface area contributed by atoms with Gasteiger partial charge in [-0.25, -0.2) is 0 Å². The predicted molar refractivity (Wildman–Crippen MR) is 109 cm³/mol. The Bertz CT molecular complexity index is 696. The molecule has 138 valence electrons. The summed E-state index contributed by atoms with van der Waals surface area (Å²) in [4.78, 5) is 14.6. The van der Waals surface area contributed by atoms with E-state index < -0.39 is 0 Å². The number of nitrogens with zero attached hydrogens (tertiary/aromatic N) is 1. The molecule has 0 spiro atoms. The number of piperidine rings is 1. The average Bonchev–Trinajstić information content (AvgIpc) is 2.65. The van der Waals surface area contributed by atoms with Gasteiger partial charge in [-0.15, -0.1) is 6.58 Å². The summed E-state index contributed by atoms with van der Waals surface area (Å²) in [6, 6.07) is 16.2. The Morgan fingerprint density at radius 3 is 1.96 bits per heavy atom. The van der Waals surface area contributed by atoms with Crippen molar-refractivity contribution >= 4 is 11.7 Å². The quantitative estimate of drug-likeness (QED) is 0.426. The van der Waals surface area contributed by atoms with Crippen molar-refractivity contribution in [1.29, 1.82) is 0 Å². The maximum absolute atomic E-state index is 12.3. The van der Waals surface area contributed by atoms with Crippen molar-refractivity contribution in [2.75, 3.05) is 18.0 Å². The molecule has 3 nitrogen and oxygen atoms in total. The molecule has 3 rings (SSSR count). The van der Waals surface area contributed by atoms with Gasteiger partial charge in [0, 0.05) is 18.8 Å². The number of carbonyl (C=O) groups is 1. The Balaban J connectivity index is 0.000000758. The van der Waals surface area contributed by atoms with Crippen molar-refractivity contribution < 1.29 is 9.53 Å². The molecule has 0 N–H and O–H groups in total. The Hall–Kier alpha value is -2.55. The van der Waals surface area contributed by atoms with Crippen molar-refractivity contribution in [1.82, 2.24) is 0 Å². The molecule has 0 radical (unpaired) electrons. The number of anilines is 1. The van der Waals surface area contributed by atoms with Crippen LogP contribution in [0.2, 0.25) is 0 Å². The van der Waals surface area contributed by atoms with Gasteiger partial charge >= 0.3 is 5.97 Å². The van der Waals surface area contributed by atoms with Crippen LogP contribution < -0.4 is 9.64 Å². The maximum atomic E-state index is 12.3. The summed E-state index contributed by atoms with van der Waals surface area (Å²) in [7, 11) is 0. The lowest BCUT2D eigenvalue weighted by Gasteiger charge is -2.32. The molecule has 3 heteroatoms. The van der Waals surface area contributed by atoms with E-state index in [0.29, 0.717) is 5.75 Å². The van der Waals surface area contributed by atoms with Crippen LogP contribution in [0.1, 0.15) is 30.9 Å². The summed E-state index contributed by atoms with van der Waals surface area (Å²) >= 11 is 0. The zero-order valence-corrected chi connectivity index (χ0v) is 16.1. The molecule has 0 amide bonds. The second kappa shape index (κ2) is 9.81. The standard InChI is InChI=1S/C20H23NO2.C3H6/c1-15-3-7-18(8-4-15)21-13-11-17(12-14-21)20(22)23-19-9-5-16(2)6-10-19;1-3-2/h3-10,17H,11-14H2,1-2H3;3H,1H2,2H3. The first-order chi connectivity index (χ1) is 12.5. The monoisotopic (exact) mass is 351 g/mol. The number of esters is 1. The number of benzene rings is 2. The van der Waals surface area contributed by atoms with E-state index in [0.717, 1.165) is 31.5 Å². The SMILES string of the molecule is C=CC.Cc1ccc(OC(=O)C2CCN(c3ccc(C)cc3)CC2)cc1. The van der Waals surface area contributed by atoms with Gasteiger partial charge in [0.1, 0.15) is 5.75 Å². The number of aryl methyl sites for hydroxylation is 2. The van der Waals surface area contributed by atoms with Crippen LogP contribution in [0.4, 0.5) is 5.69 Å². The fourth-order valence-electron chi connectivity index (χ4n) is 2.93. The van der Waals surface area contributed by atoms with Crippen molar-refractivity contribution in [3.05, 3.63) is 72.3 Å². The Morgan fingerprint density at radius 2 is 1.46 bits per heavy atom. The van der Waals surface area contributed by atoms with Gasteiger partial charge in [0.05, 0.1) is 5.92 Å². The van der Waals surface area contributed by atoms with Gasteiger partial charge in [0.15, 0.2) is 0 Å². The molecule has 2 aromatic carbocycles. The van der Waals surface area contributed by atoms with Crippen LogP contribution in [0.25, 0.3) is 0 Å². The smallest absolute Gasteiger partial charge is 0.314 e. The van der Waals surface area contributed by atoms with E-state index in [1.54, 1.807) is 6.08 Å². The summed E-state index contributed by atoms with van der Waals surface area (Å²) in [5.74, 6) is 0.539. The molecule has 0 atom stereocenters. The first-order valence-corrected chi connectivity index (χ1v) is 9.20. The molecule has 0 aliphatic carbocycles. The third-order valence-corrected chi connectivity index (χ3v) is 4.47. The number of carbonyl (C=O) groups excluding carboxylic acids is 1. The highest BCUT2D eigenvalue weighted by Gasteiger charge is 2.26. The minimum absolute atomic E-state index is 0.00185. The summed E-state index contributed by atoms with van der Waals surface area (Å²) < 4.78 is 5.51. The highest BCUT2D eigenvalue weighted by Crippen LogP contribution is 2.25. The first-order valence-electron chi connectivity index (χ1n) is 9.20. The van der Waals surface area contributed by atoms with E-state index in [2.05, 4.69) is 42.7 Å². The largest absolute Gasteiger partial charge is 0.426 e. The fourth-order valence-corrected chi connectivity index (χ4v) is 2.93. The molecule has 0 saturated carbocycles. The minimum Gasteiger partial charge on any atom is -0.426 e. The molecule has 1 aliphatic rings. The van der Waals surface area contributed by atoms with Gasteiger partial charge in [0.25, 0.3) is 0 Å². The fraction of sp³-hybridized carbons (Fsp3) is 0.348. The van der Waals surface area contributed by atoms with Crippen LogP contribution in [0, 0.1) is 19.8 Å². The molecular formula is C23H29NO2. The van der Waals surface area contributed by atoms with Gasteiger partial charge < -0.3 is 9.64 Å². The normalized spacial score (nSPS) is 14.2. The van der Waals surface area contributed by atoms with Gasteiger partial charge in [0.2, 0.25) is 0 Å². The zero-order valence-electron chi connectivity index (χ0n) is 16.1. The number of allylic oxidation sites excluding steroid dienone is 1. The van der Waals surface area contributed by atoms with Crippen molar-refractivity contribution in [2.45, 2.75) is 33.6 Å². The summed E-state index contributed by atoms with van der Waals surface area (Å²) in [5.41, 5.74) is 3.67. The minimum atomic E-state index is -0.0996. The van der Waals surface area contributed by atoms with Crippen LogP contribution in [0.5, 0.6) is 5.75 Å². The van der Waals surface area contributed by atoms with E-state index in [1.807, 2.05) is 38.1 Å². The van der Waals surface area contributed by atoms with Crippen molar-refractivity contribution in [3.63, 3.8) is 0 Å². The topological polar surface area (TPSA) is 29.5 Å². The van der Waals surface area contributed by atoms with E-state index in [-0.39, 0.29) is 11.9 Å². The molecular weight excluding hydrogens is 322 g/mol. The molecule has 2 aromatic rings. The average molecular weight is 351 g/mol. The van der Waals surface area contributed by atoms with E-state index in [1.165, 1.54) is 11.3 Å². The number of ether oxygens (including phenoxy) is 1.